The summed E-state index contributed by atoms with van der Waals surface area (Å²) in [4.78, 5) is 14.3. The summed E-state index contributed by atoms with van der Waals surface area (Å²) in [5.74, 6) is 0.181. The number of amides is 1. The van der Waals surface area contributed by atoms with Crippen LogP contribution in [0.5, 0.6) is 0 Å². The van der Waals surface area contributed by atoms with Crippen LogP contribution < -0.4 is 10.6 Å². The molecule has 2 atom stereocenters. The molecule has 1 saturated carbocycles. The first-order valence-corrected chi connectivity index (χ1v) is 6.91. The molecule has 0 radical (unpaired) electrons. The molecule has 1 aliphatic heterocycles. The number of carbonyl (C=O) groups excluding carboxylic acids is 1. The minimum Gasteiger partial charge on any atom is -0.353 e. The summed E-state index contributed by atoms with van der Waals surface area (Å²) in [5, 5.41) is 6.41. The van der Waals surface area contributed by atoms with Crippen molar-refractivity contribution in [3.8, 4) is 0 Å². The summed E-state index contributed by atoms with van der Waals surface area (Å²) in [6.07, 6.45) is 5.98. The molecule has 1 heterocycles. The summed E-state index contributed by atoms with van der Waals surface area (Å²) >= 11 is 0. The van der Waals surface area contributed by atoms with E-state index in [-0.39, 0.29) is 11.9 Å². The average Bonchev–Trinajstić information content (AvgIpc) is 3.12. The lowest BCUT2D eigenvalue weighted by Crippen LogP contribution is -2.51. The van der Waals surface area contributed by atoms with Gasteiger partial charge >= 0.3 is 0 Å². The van der Waals surface area contributed by atoms with Crippen molar-refractivity contribution in [1.29, 1.82) is 0 Å². The third kappa shape index (κ3) is 3.96. The van der Waals surface area contributed by atoms with Gasteiger partial charge in [-0.05, 0) is 46.1 Å². The fourth-order valence-corrected chi connectivity index (χ4v) is 2.52. The molecule has 98 valence electrons. The van der Waals surface area contributed by atoms with E-state index in [0.29, 0.717) is 6.04 Å². The summed E-state index contributed by atoms with van der Waals surface area (Å²) in [6, 6.07) is 1.29. The predicted octanol–water partition coefficient (Wildman–Crippen LogP) is 0.727. The first-order chi connectivity index (χ1) is 8.16. The van der Waals surface area contributed by atoms with Gasteiger partial charge in [0.2, 0.25) is 5.91 Å². The standard InChI is InChI=1S/C13H25N3O/c1-10-4-3-5-12(15-10)13(17)14-8-9-16(2)11-6-7-11/h10-12,15H,3-9H2,1-2H3,(H,14,17). The molecular formula is C13H25N3O. The second kappa shape index (κ2) is 5.83. The summed E-state index contributed by atoms with van der Waals surface area (Å²) in [6.45, 7) is 3.90. The Balaban J connectivity index is 1.62. The fraction of sp³-hybridized carbons (Fsp3) is 0.923. The molecule has 0 spiro atoms. The van der Waals surface area contributed by atoms with Crippen LogP contribution in [0.15, 0.2) is 0 Å². The van der Waals surface area contributed by atoms with Crippen LogP contribution in [0.1, 0.15) is 39.0 Å². The highest BCUT2D eigenvalue weighted by Crippen LogP contribution is 2.24. The number of carbonyl (C=O) groups is 1. The molecule has 2 rings (SSSR count). The third-order valence-electron chi connectivity index (χ3n) is 3.87. The highest BCUT2D eigenvalue weighted by Gasteiger charge is 2.26. The average molecular weight is 239 g/mol. The maximum Gasteiger partial charge on any atom is 0.237 e. The Bertz CT molecular complexity index is 265. The van der Waals surface area contributed by atoms with Crippen molar-refractivity contribution in [2.75, 3.05) is 20.1 Å². The van der Waals surface area contributed by atoms with Crippen molar-refractivity contribution in [2.24, 2.45) is 0 Å². The van der Waals surface area contributed by atoms with Crippen LogP contribution in [0, 0.1) is 0 Å². The largest absolute Gasteiger partial charge is 0.353 e. The van der Waals surface area contributed by atoms with Crippen molar-refractivity contribution in [2.45, 2.75) is 57.2 Å². The Morgan fingerprint density at radius 3 is 2.76 bits per heavy atom. The van der Waals surface area contributed by atoms with Crippen molar-refractivity contribution in [3.63, 3.8) is 0 Å². The molecular weight excluding hydrogens is 214 g/mol. The van der Waals surface area contributed by atoms with Crippen molar-refractivity contribution < 1.29 is 4.79 Å². The number of hydrogen-bond donors (Lipinski definition) is 2. The van der Waals surface area contributed by atoms with Crippen LogP contribution in [0.3, 0.4) is 0 Å². The topological polar surface area (TPSA) is 44.4 Å². The van der Waals surface area contributed by atoms with Crippen LogP contribution in [-0.4, -0.2) is 49.1 Å². The van der Waals surface area contributed by atoms with E-state index in [4.69, 9.17) is 0 Å². The molecule has 4 nitrogen and oxygen atoms in total. The lowest BCUT2D eigenvalue weighted by molar-refractivity contribution is -0.124. The smallest absolute Gasteiger partial charge is 0.237 e. The number of rotatable bonds is 5. The van der Waals surface area contributed by atoms with Crippen molar-refractivity contribution in [3.05, 3.63) is 0 Å². The maximum absolute atomic E-state index is 11.9. The third-order valence-corrected chi connectivity index (χ3v) is 3.87. The molecule has 2 unspecified atom stereocenters. The van der Waals surface area contributed by atoms with E-state index in [0.717, 1.165) is 32.0 Å². The second-order valence-electron chi connectivity index (χ2n) is 5.55. The summed E-state index contributed by atoms with van der Waals surface area (Å²) < 4.78 is 0. The highest BCUT2D eigenvalue weighted by molar-refractivity contribution is 5.81. The molecule has 0 bridgehead atoms. The van der Waals surface area contributed by atoms with Gasteiger partial charge in [0, 0.05) is 25.2 Å². The van der Waals surface area contributed by atoms with Gasteiger partial charge in [-0.2, -0.15) is 0 Å². The molecule has 0 aromatic heterocycles. The van der Waals surface area contributed by atoms with Gasteiger partial charge in [0.05, 0.1) is 6.04 Å². The van der Waals surface area contributed by atoms with Gasteiger partial charge in [0.15, 0.2) is 0 Å². The van der Waals surface area contributed by atoms with Crippen molar-refractivity contribution in [1.82, 2.24) is 15.5 Å². The normalized spacial score (nSPS) is 29.4. The van der Waals surface area contributed by atoms with E-state index in [1.165, 1.54) is 19.3 Å². The van der Waals surface area contributed by atoms with Gasteiger partial charge in [-0.3, -0.25) is 4.79 Å². The van der Waals surface area contributed by atoms with Crippen LogP contribution in [0.25, 0.3) is 0 Å². The predicted molar refractivity (Wildman–Crippen MR) is 68.9 cm³/mol. The van der Waals surface area contributed by atoms with Crippen LogP contribution in [-0.2, 0) is 4.79 Å². The Hall–Kier alpha value is -0.610. The number of hydrogen-bond acceptors (Lipinski definition) is 3. The second-order valence-corrected chi connectivity index (χ2v) is 5.55. The van der Waals surface area contributed by atoms with Gasteiger partial charge in [-0.15, -0.1) is 0 Å². The van der Waals surface area contributed by atoms with E-state index in [1.54, 1.807) is 0 Å². The van der Waals surface area contributed by atoms with Crippen LogP contribution in [0.2, 0.25) is 0 Å². The monoisotopic (exact) mass is 239 g/mol. The molecule has 1 aliphatic carbocycles. The van der Waals surface area contributed by atoms with Gasteiger partial charge in [-0.1, -0.05) is 0 Å². The molecule has 2 fully saturated rings. The number of likely N-dealkylation sites (N-methyl/N-ethyl adjacent to an activating group) is 1. The Morgan fingerprint density at radius 1 is 1.35 bits per heavy atom. The number of nitrogens with zero attached hydrogens (tertiary/aromatic N) is 1. The molecule has 17 heavy (non-hydrogen) atoms. The quantitative estimate of drug-likeness (QED) is 0.743. The molecule has 1 saturated heterocycles. The number of nitrogens with one attached hydrogen (secondary N) is 2. The SMILES string of the molecule is CC1CCCC(C(=O)NCCN(C)C2CC2)N1. The zero-order valence-corrected chi connectivity index (χ0v) is 11.0. The Kier molecular flexibility index (Phi) is 4.40. The van der Waals surface area contributed by atoms with E-state index in [2.05, 4.69) is 29.5 Å². The van der Waals surface area contributed by atoms with E-state index in [9.17, 15) is 4.79 Å². The minimum absolute atomic E-state index is 0.0324. The molecule has 4 heteroatoms. The van der Waals surface area contributed by atoms with Crippen LogP contribution >= 0.6 is 0 Å². The molecule has 2 N–H and O–H groups in total. The first-order valence-electron chi connectivity index (χ1n) is 6.91. The Morgan fingerprint density at radius 2 is 2.12 bits per heavy atom. The fourth-order valence-electron chi connectivity index (χ4n) is 2.52. The summed E-state index contributed by atoms with van der Waals surface area (Å²) in [7, 11) is 2.14. The van der Waals surface area contributed by atoms with Gasteiger partial charge in [-0.25, -0.2) is 0 Å². The molecule has 0 aromatic rings. The first kappa shape index (κ1) is 12.8. The lowest BCUT2D eigenvalue weighted by atomic mass is 9.99. The minimum atomic E-state index is 0.0324. The summed E-state index contributed by atoms with van der Waals surface area (Å²) in [5.41, 5.74) is 0. The molecule has 1 amide bonds. The van der Waals surface area contributed by atoms with Crippen molar-refractivity contribution >= 4 is 5.91 Å². The van der Waals surface area contributed by atoms with Crippen LogP contribution in [0.4, 0.5) is 0 Å². The zero-order valence-electron chi connectivity index (χ0n) is 11.0. The van der Waals surface area contributed by atoms with E-state index in [1.807, 2.05) is 0 Å². The maximum atomic E-state index is 11.9. The molecule has 2 aliphatic rings. The van der Waals surface area contributed by atoms with Gasteiger partial charge in [0.1, 0.15) is 0 Å². The van der Waals surface area contributed by atoms with Gasteiger partial charge < -0.3 is 15.5 Å². The van der Waals surface area contributed by atoms with Gasteiger partial charge in [0.25, 0.3) is 0 Å². The highest BCUT2D eigenvalue weighted by atomic mass is 16.2. The lowest BCUT2D eigenvalue weighted by Gasteiger charge is -2.28. The zero-order chi connectivity index (χ0) is 12.3. The van der Waals surface area contributed by atoms with E-state index < -0.39 is 0 Å². The molecule has 0 aromatic carbocycles. The number of piperidine rings is 1. The Labute approximate surface area is 104 Å². The van der Waals surface area contributed by atoms with E-state index >= 15 is 0 Å².